The first-order valence-electron chi connectivity index (χ1n) is 7.93. The number of carbonyl (C=O) groups excluding carboxylic acids is 1. The largest absolute Gasteiger partial charge is 0.464 e. The van der Waals surface area contributed by atoms with Crippen LogP contribution < -0.4 is 5.73 Å². The number of hydrogen-bond acceptors (Lipinski definition) is 5. The lowest BCUT2D eigenvalue weighted by Gasteiger charge is -2.32. The highest BCUT2D eigenvalue weighted by Gasteiger charge is 2.23. The maximum Gasteiger partial charge on any atom is 0.345 e. The molecule has 1 saturated heterocycles. The average molecular weight is 362 g/mol. The average Bonchev–Trinajstić information content (AvgIpc) is 3.23. The van der Waals surface area contributed by atoms with Crippen molar-refractivity contribution in [3.63, 3.8) is 0 Å². The van der Waals surface area contributed by atoms with Gasteiger partial charge in [-0.05, 0) is 31.3 Å². The zero-order chi connectivity index (χ0) is 16.7. The van der Waals surface area contributed by atoms with E-state index in [9.17, 15) is 4.79 Å². The van der Waals surface area contributed by atoms with Gasteiger partial charge in [-0.2, -0.15) is 4.68 Å². The number of aromatic nitrogens is 2. The van der Waals surface area contributed by atoms with Crippen LogP contribution in [0.1, 0.15) is 0 Å². The van der Waals surface area contributed by atoms with Gasteiger partial charge < -0.3 is 20.0 Å². The molecule has 3 heterocycles. The molecule has 4 rings (SSSR count). The van der Waals surface area contributed by atoms with Crippen molar-refractivity contribution in [3.8, 4) is 11.3 Å². The van der Waals surface area contributed by atoms with Crippen LogP contribution in [0.2, 0.25) is 0 Å². The number of amides is 1. The number of furan rings is 1. The maximum absolute atomic E-state index is 12.9. The van der Waals surface area contributed by atoms with Gasteiger partial charge in [-0.1, -0.05) is 6.07 Å². The zero-order valence-corrected chi connectivity index (χ0v) is 14.7. The number of halogens is 1. The predicted molar refractivity (Wildman–Crippen MR) is 99.0 cm³/mol. The first-order valence-corrected chi connectivity index (χ1v) is 7.93. The second-order valence-electron chi connectivity index (χ2n) is 6.08. The Labute approximate surface area is 151 Å². The van der Waals surface area contributed by atoms with E-state index < -0.39 is 0 Å². The predicted octanol–water partition coefficient (Wildman–Crippen LogP) is 2.52. The summed E-state index contributed by atoms with van der Waals surface area (Å²) >= 11 is 0. The third kappa shape index (κ3) is 3.08. The lowest BCUT2D eigenvalue weighted by molar-refractivity contribution is 0.154. The van der Waals surface area contributed by atoms with Crippen LogP contribution >= 0.6 is 12.4 Å². The summed E-state index contributed by atoms with van der Waals surface area (Å²) in [6.07, 6.45) is 1.63. The molecule has 1 aliphatic heterocycles. The number of nitrogens with zero attached hydrogens (tertiary/aromatic N) is 4. The summed E-state index contributed by atoms with van der Waals surface area (Å²) in [6, 6.07) is 9.27. The van der Waals surface area contributed by atoms with Crippen LogP contribution in [0.15, 0.2) is 41.0 Å². The van der Waals surface area contributed by atoms with E-state index in [1.54, 1.807) is 6.26 Å². The van der Waals surface area contributed by atoms with Crippen LogP contribution in [0.5, 0.6) is 0 Å². The highest BCUT2D eigenvalue weighted by Crippen LogP contribution is 2.28. The molecule has 132 valence electrons. The van der Waals surface area contributed by atoms with Gasteiger partial charge in [-0.15, -0.1) is 17.5 Å². The van der Waals surface area contributed by atoms with Crippen LogP contribution in [0.3, 0.4) is 0 Å². The Morgan fingerprint density at radius 1 is 1.20 bits per heavy atom. The summed E-state index contributed by atoms with van der Waals surface area (Å²) in [7, 11) is 2.05. The highest BCUT2D eigenvalue weighted by molar-refractivity contribution is 5.97. The quantitative estimate of drug-likeness (QED) is 0.720. The van der Waals surface area contributed by atoms with E-state index in [2.05, 4.69) is 17.0 Å². The molecular formula is C17H20ClN5O2. The van der Waals surface area contributed by atoms with Crippen LogP contribution in [-0.4, -0.2) is 58.8 Å². The maximum atomic E-state index is 12.9. The van der Waals surface area contributed by atoms with Gasteiger partial charge in [0.25, 0.3) is 0 Å². The van der Waals surface area contributed by atoms with Crippen molar-refractivity contribution in [2.75, 3.05) is 39.0 Å². The lowest BCUT2D eigenvalue weighted by Crippen LogP contribution is -2.48. The number of fused-ring (bicyclic) bond motifs is 1. The Balaban J connectivity index is 0.00000182. The van der Waals surface area contributed by atoms with Gasteiger partial charge in [-0.25, -0.2) is 4.79 Å². The summed E-state index contributed by atoms with van der Waals surface area (Å²) in [5.41, 5.74) is 7.59. The van der Waals surface area contributed by atoms with Crippen molar-refractivity contribution >= 4 is 35.2 Å². The molecule has 0 bridgehead atoms. The molecular weight excluding hydrogens is 342 g/mol. The number of hydrogen-bond donors (Lipinski definition) is 1. The Kier molecular flexibility index (Phi) is 4.69. The van der Waals surface area contributed by atoms with E-state index in [1.807, 2.05) is 35.2 Å². The second-order valence-corrected chi connectivity index (χ2v) is 6.08. The fourth-order valence-corrected chi connectivity index (χ4v) is 3.01. The molecule has 25 heavy (non-hydrogen) atoms. The minimum atomic E-state index is -0.138. The molecule has 1 aromatic carbocycles. The summed E-state index contributed by atoms with van der Waals surface area (Å²) in [4.78, 5) is 16.9. The monoisotopic (exact) mass is 361 g/mol. The Hall–Kier alpha value is -2.51. The normalized spacial score (nSPS) is 15.3. The lowest BCUT2D eigenvalue weighted by atomic mass is 10.1. The SMILES string of the molecule is CN1CCN(C(=O)n2nc(N)c3ccc(-c4ccco4)cc32)CC1.Cl. The van der Waals surface area contributed by atoms with Crippen molar-refractivity contribution in [2.45, 2.75) is 0 Å². The number of anilines is 1. The van der Waals surface area contributed by atoms with Crippen molar-refractivity contribution in [2.24, 2.45) is 0 Å². The van der Waals surface area contributed by atoms with E-state index in [1.165, 1.54) is 4.68 Å². The molecule has 8 heteroatoms. The number of nitrogens with two attached hydrogens (primary N) is 1. The molecule has 0 atom stereocenters. The van der Waals surface area contributed by atoms with E-state index in [0.717, 1.165) is 29.8 Å². The van der Waals surface area contributed by atoms with E-state index in [0.29, 0.717) is 24.4 Å². The number of carbonyl (C=O) groups is 1. The van der Waals surface area contributed by atoms with E-state index >= 15 is 0 Å². The van der Waals surface area contributed by atoms with Crippen molar-refractivity contribution < 1.29 is 9.21 Å². The van der Waals surface area contributed by atoms with Gasteiger partial charge in [0.05, 0.1) is 11.8 Å². The molecule has 1 aliphatic rings. The van der Waals surface area contributed by atoms with E-state index in [-0.39, 0.29) is 18.4 Å². The smallest absolute Gasteiger partial charge is 0.345 e. The number of nitrogen functional groups attached to an aromatic ring is 1. The highest BCUT2D eigenvalue weighted by atomic mass is 35.5. The van der Waals surface area contributed by atoms with Gasteiger partial charge in [0.1, 0.15) is 5.76 Å². The van der Waals surface area contributed by atoms with Crippen LogP contribution in [0.25, 0.3) is 22.2 Å². The van der Waals surface area contributed by atoms with Gasteiger partial charge in [0, 0.05) is 37.1 Å². The van der Waals surface area contributed by atoms with Crippen LogP contribution in [0.4, 0.5) is 10.6 Å². The second kappa shape index (κ2) is 6.78. The zero-order valence-electron chi connectivity index (χ0n) is 13.9. The summed E-state index contributed by atoms with van der Waals surface area (Å²) in [6.45, 7) is 3.10. The third-order valence-corrected chi connectivity index (χ3v) is 4.47. The number of benzene rings is 1. The summed E-state index contributed by atoms with van der Waals surface area (Å²) in [5, 5.41) is 5.04. The molecule has 0 radical (unpaired) electrons. The van der Waals surface area contributed by atoms with Crippen LogP contribution in [-0.2, 0) is 0 Å². The van der Waals surface area contributed by atoms with Gasteiger partial charge in [-0.3, -0.25) is 0 Å². The number of piperazine rings is 1. The molecule has 1 amide bonds. The molecule has 2 aromatic heterocycles. The standard InChI is InChI=1S/C17H19N5O2.ClH/c1-20-6-8-21(9-7-20)17(23)22-14-11-12(15-3-2-10-24-15)4-5-13(14)16(18)19-22;/h2-5,10-11H,6-9H2,1H3,(H2,18,19);1H. The van der Waals surface area contributed by atoms with Crippen molar-refractivity contribution in [3.05, 3.63) is 36.6 Å². The first-order chi connectivity index (χ1) is 11.6. The van der Waals surface area contributed by atoms with Crippen molar-refractivity contribution in [1.29, 1.82) is 0 Å². The molecule has 0 spiro atoms. The minimum Gasteiger partial charge on any atom is -0.464 e. The third-order valence-electron chi connectivity index (χ3n) is 4.47. The molecule has 3 aromatic rings. The Bertz CT molecular complexity index is 882. The summed E-state index contributed by atoms with van der Waals surface area (Å²) < 4.78 is 6.85. The molecule has 1 fully saturated rings. The van der Waals surface area contributed by atoms with Gasteiger partial charge in [0.15, 0.2) is 5.82 Å². The van der Waals surface area contributed by atoms with Crippen LogP contribution in [0, 0.1) is 0 Å². The molecule has 0 unspecified atom stereocenters. The first kappa shape index (κ1) is 17.3. The van der Waals surface area contributed by atoms with Gasteiger partial charge >= 0.3 is 6.03 Å². The molecule has 7 nitrogen and oxygen atoms in total. The Morgan fingerprint density at radius 2 is 1.96 bits per heavy atom. The molecule has 2 N–H and O–H groups in total. The fraction of sp³-hybridized carbons (Fsp3) is 0.294. The molecule has 0 saturated carbocycles. The number of likely N-dealkylation sites (N-methyl/N-ethyl adjacent to an activating group) is 1. The van der Waals surface area contributed by atoms with Crippen molar-refractivity contribution in [1.82, 2.24) is 19.6 Å². The Morgan fingerprint density at radius 3 is 2.64 bits per heavy atom. The van der Waals surface area contributed by atoms with Gasteiger partial charge in [0.2, 0.25) is 0 Å². The minimum absolute atomic E-state index is 0. The van der Waals surface area contributed by atoms with E-state index in [4.69, 9.17) is 10.2 Å². The summed E-state index contributed by atoms with van der Waals surface area (Å²) in [5.74, 6) is 1.11. The molecule has 0 aliphatic carbocycles. The fourth-order valence-electron chi connectivity index (χ4n) is 3.01. The topological polar surface area (TPSA) is 80.5 Å². The number of rotatable bonds is 1.